The van der Waals surface area contributed by atoms with Gasteiger partial charge in [-0.15, -0.1) is 0 Å². The Morgan fingerprint density at radius 3 is 2.75 bits per heavy atom. The average molecular weight is 276 g/mol. The van der Waals surface area contributed by atoms with Gasteiger partial charge in [-0.05, 0) is 36.5 Å². The lowest BCUT2D eigenvalue weighted by atomic mass is 9.70. The highest BCUT2D eigenvalue weighted by Crippen LogP contribution is 2.45. The second kappa shape index (κ2) is 5.65. The van der Waals surface area contributed by atoms with Gasteiger partial charge in [0.1, 0.15) is 0 Å². The molecule has 110 valence electrons. The van der Waals surface area contributed by atoms with Crippen molar-refractivity contribution in [2.45, 2.75) is 51.0 Å². The summed E-state index contributed by atoms with van der Waals surface area (Å²) < 4.78 is 11.4. The van der Waals surface area contributed by atoms with Gasteiger partial charge in [0.15, 0.2) is 11.5 Å². The quantitative estimate of drug-likeness (QED) is 0.896. The van der Waals surface area contributed by atoms with E-state index in [1.165, 1.54) is 6.42 Å². The van der Waals surface area contributed by atoms with Gasteiger partial charge in [0.25, 0.3) is 0 Å². The molecule has 1 saturated carbocycles. The summed E-state index contributed by atoms with van der Waals surface area (Å²) in [4.78, 5) is 0. The van der Waals surface area contributed by atoms with Crippen LogP contribution in [0.25, 0.3) is 0 Å². The van der Waals surface area contributed by atoms with Crippen LogP contribution in [-0.2, 0) is 5.60 Å². The molecule has 1 N–H and O–H groups in total. The van der Waals surface area contributed by atoms with Crippen molar-refractivity contribution < 1.29 is 14.6 Å². The van der Waals surface area contributed by atoms with Crippen molar-refractivity contribution in [3.8, 4) is 11.5 Å². The molecule has 3 nitrogen and oxygen atoms in total. The van der Waals surface area contributed by atoms with Crippen molar-refractivity contribution in [1.82, 2.24) is 0 Å². The molecule has 1 heterocycles. The van der Waals surface area contributed by atoms with E-state index >= 15 is 0 Å². The maximum Gasteiger partial charge on any atom is 0.161 e. The summed E-state index contributed by atoms with van der Waals surface area (Å²) in [5.74, 6) is 1.94. The summed E-state index contributed by atoms with van der Waals surface area (Å²) in [5.41, 5.74) is 0.297. The molecule has 0 amide bonds. The maximum atomic E-state index is 11.2. The Bertz CT molecular complexity index is 471. The molecule has 2 aliphatic rings. The molecule has 1 fully saturated rings. The standard InChI is InChI=1S/C17H24O3/c1-2-13-6-3-4-9-17(13,18)14-7-8-15-16(12-14)20-11-5-10-19-15/h7-8,12-13,18H,2-6,9-11H2,1H3. The van der Waals surface area contributed by atoms with E-state index in [9.17, 15) is 5.11 Å². The summed E-state index contributed by atoms with van der Waals surface area (Å²) in [6, 6.07) is 5.96. The number of hydrogen-bond donors (Lipinski definition) is 1. The molecule has 0 radical (unpaired) electrons. The van der Waals surface area contributed by atoms with Crippen LogP contribution in [0.1, 0.15) is 51.0 Å². The van der Waals surface area contributed by atoms with E-state index in [0.717, 1.165) is 49.2 Å². The first-order valence-corrected chi connectivity index (χ1v) is 7.86. The minimum atomic E-state index is -0.697. The van der Waals surface area contributed by atoms with Crippen LogP contribution in [0.4, 0.5) is 0 Å². The van der Waals surface area contributed by atoms with Gasteiger partial charge in [-0.2, -0.15) is 0 Å². The largest absolute Gasteiger partial charge is 0.490 e. The van der Waals surface area contributed by atoms with Gasteiger partial charge in [-0.3, -0.25) is 0 Å². The Hall–Kier alpha value is -1.22. The molecule has 3 heteroatoms. The first-order chi connectivity index (χ1) is 9.74. The molecule has 20 heavy (non-hydrogen) atoms. The highest BCUT2D eigenvalue weighted by Gasteiger charge is 2.39. The van der Waals surface area contributed by atoms with Crippen LogP contribution in [0, 0.1) is 5.92 Å². The van der Waals surface area contributed by atoms with Crippen LogP contribution < -0.4 is 9.47 Å². The predicted octanol–water partition coefficient (Wildman–Crippen LogP) is 3.64. The Morgan fingerprint density at radius 2 is 1.95 bits per heavy atom. The summed E-state index contributed by atoms with van der Waals surface area (Å²) in [6.07, 6.45) is 6.22. The molecule has 0 bridgehead atoms. The Kier molecular flexibility index (Phi) is 3.88. The van der Waals surface area contributed by atoms with E-state index in [2.05, 4.69) is 6.92 Å². The third-order valence-corrected chi connectivity index (χ3v) is 4.78. The molecule has 1 aliphatic heterocycles. The van der Waals surface area contributed by atoms with Gasteiger partial charge in [-0.1, -0.05) is 32.3 Å². The number of rotatable bonds is 2. The summed E-state index contributed by atoms with van der Waals surface area (Å²) in [5, 5.41) is 11.2. The van der Waals surface area contributed by atoms with Gasteiger partial charge in [0.05, 0.1) is 18.8 Å². The van der Waals surface area contributed by atoms with E-state index in [0.29, 0.717) is 19.1 Å². The molecule has 3 rings (SSSR count). The molecule has 0 aromatic heterocycles. The van der Waals surface area contributed by atoms with Crippen molar-refractivity contribution >= 4 is 0 Å². The highest BCUT2D eigenvalue weighted by molar-refractivity contribution is 5.45. The normalized spacial score (nSPS) is 29.8. The number of fused-ring (bicyclic) bond motifs is 1. The third kappa shape index (κ3) is 2.39. The van der Waals surface area contributed by atoms with E-state index in [1.54, 1.807) is 0 Å². The van der Waals surface area contributed by atoms with Crippen LogP contribution in [0.3, 0.4) is 0 Å². The number of benzene rings is 1. The Morgan fingerprint density at radius 1 is 1.15 bits per heavy atom. The Balaban J connectivity index is 1.94. The zero-order valence-electron chi connectivity index (χ0n) is 12.2. The van der Waals surface area contributed by atoms with Gasteiger partial charge in [0, 0.05) is 6.42 Å². The van der Waals surface area contributed by atoms with Crippen LogP contribution in [0.5, 0.6) is 11.5 Å². The SMILES string of the molecule is CCC1CCCCC1(O)c1ccc2c(c1)OCCCO2. The van der Waals surface area contributed by atoms with E-state index in [-0.39, 0.29) is 0 Å². The minimum absolute atomic E-state index is 0.348. The van der Waals surface area contributed by atoms with Crippen LogP contribution in [0.2, 0.25) is 0 Å². The molecule has 1 aromatic rings. The fourth-order valence-corrected chi connectivity index (χ4v) is 3.58. The molecule has 1 aliphatic carbocycles. The third-order valence-electron chi connectivity index (χ3n) is 4.78. The van der Waals surface area contributed by atoms with Gasteiger partial charge in [-0.25, -0.2) is 0 Å². The first kappa shape index (κ1) is 13.7. The van der Waals surface area contributed by atoms with E-state index in [4.69, 9.17) is 9.47 Å². The smallest absolute Gasteiger partial charge is 0.161 e. The summed E-state index contributed by atoms with van der Waals surface area (Å²) in [7, 11) is 0. The van der Waals surface area contributed by atoms with Crippen molar-refractivity contribution in [3.05, 3.63) is 23.8 Å². The lowest BCUT2D eigenvalue weighted by Gasteiger charge is -2.40. The minimum Gasteiger partial charge on any atom is -0.490 e. The van der Waals surface area contributed by atoms with Crippen molar-refractivity contribution in [3.63, 3.8) is 0 Å². The molecule has 1 aromatic carbocycles. The van der Waals surface area contributed by atoms with Crippen LogP contribution >= 0.6 is 0 Å². The number of ether oxygens (including phenoxy) is 2. The monoisotopic (exact) mass is 276 g/mol. The number of hydrogen-bond acceptors (Lipinski definition) is 3. The predicted molar refractivity (Wildman–Crippen MR) is 78.2 cm³/mol. The topological polar surface area (TPSA) is 38.7 Å². The zero-order chi connectivity index (χ0) is 14.0. The Labute approximate surface area is 120 Å². The molecule has 2 atom stereocenters. The van der Waals surface area contributed by atoms with E-state index in [1.807, 2.05) is 18.2 Å². The lowest BCUT2D eigenvalue weighted by Crippen LogP contribution is -2.37. The molecule has 0 spiro atoms. The molecule has 2 unspecified atom stereocenters. The fourth-order valence-electron chi connectivity index (χ4n) is 3.58. The average Bonchev–Trinajstić information content (AvgIpc) is 2.72. The van der Waals surface area contributed by atoms with E-state index < -0.39 is 5.60 Å². The molecular formula is C17H24O3. The van der Waals surface area contributed by atoms with Gasteiger partial charge >= 0.3 is 0 Å². The summed E-state index contributed by atoms with van der Waals surface area (Å²) >= 11 is 0. The first-order valence-electron chi connectivity index (χ1n) is 7.86. The van der Waals surface area contributed by atoms with Crippen molar-refractivity contribution in [2.24, 2.45) is 5.92 Å². The number of aliphatic hydroxyl groups is 1. The van der Waals surface area contributed by atoms with Gasteiger partial charge in [0.2, 0.25) is 0 Å². The lowest BCUT2D eigenvalue weighted by molar-refractivity contribution is -0.0559. The second-order valence-electron chi connectivity index (χ2n) is 5.99. The fraction of sp³-hybridized carbons (Fsp3) is 0.647. The molecule has 0 saturated heterocycles. The highest BCUT2D eigenvalue weighted by atomic mass is 16.5. The van der Waals surface area contributed by atoms with Crippen molar-refractivity contribution in [2.75, 3.05) is 13.2 Å². The summed E-state index contributed by atoms with van der Waals surface area (Å²) in [6.45, 7) is 3.56. The molecular weight excluding hydrogens is 252 g/mol. The van der Waals surface area contributed by atoms with Crippen molar-refractivity contribution in [1.29, 1.82) is 0 Å². The van der Waals surface area contributed by atoms with Crippen LogP contribution in [0.15, 0.2) is 18.2 Å². The van der Waals surface area contributed by atoms with Gasteiger partial charge < -0.3 is 14.6 Å². The van der Waals surface area contributed by atoms with Crippen LogP contribution in [-0.4, -0.2) is 18.3 Å². The zero-order valence-corrected chi connectivity index (χ0v) is 12.2. The maximum absolute atomic E-state index is 11.2. The second-order valence-corrected chi connectivity index (χ2v) is 5.99.